The van der Waals surface area contributed by atoms with Crippen LogP contribution in [0.2, 0.25) is 0 Å². The predicted octanol–water partition coefficient (Wildman–Crippen LogP) is 1.22. The molecule has 2 rings (SSSR count). The summed E-state index contributed by atoms with van der Waals surface area (Å²) in [5.41, 5.74) is 0. The first kappa shape index (κ1) is 24.7. The Kier molecular flexibility index (Phi) is 11.7. The Bertz CT molecular complexity index is 593. The molecule has 1 aromatic rings. The summed E-state index contributed by atoms with van der Waals surface area (Å²) in [6.07, 6.45) is 3.73. The standard InChI is InChI=1S/C18H29NO4.C2H2O4/c1-2-22-17-6-8-18(9-7-17)23-14-16(21)13-19-11-4-3-5-15(19)10-12-20;3-1(4)2(5)6/h6-9,15-16,20-21H,2-5,10-14H2,1H3;(H,3,4)(H,5,6). The normalized spacial score (nSPS) is 17.6. The zero-order valence-corrected chi connectivity index (χ0v) is 16.7. The first-order valence-corrected chi connectivity index (χ1v) is 9.72. The second kappa shape index (κ2) is 13.8. The number of piperidine rings is 1. The van der Waals surface area contributed by atoms with Gasteiger partial charge < -0.3 is 29.9 Å². The topological polar surface area (TPSA) is 137 Å². The number of nitrogens with zero attached hydrogens (tertiary/aromatic N) is 1. The van der Waals surface area contributed by atoms with Crippen LogP contribution in [0.25, 0.3) is 0 Å². The zero-order valence-electron chi connectivity index (χ0n) is 16.7. The Morgan fingerprint density at radius 2 is 1.69 bits per heavy atom. The number of rotatable bonds is 9. The number of aliphatic hydroxyl groups is 2. The van der Waals surface area contributed by atoms with Crippen molar-refractivity contribution in [2.24, 2.45) is 0 Å². The quantitative estimate of drug-likeness (QED) is 0.440. The number of ether oxygens (including phenoxy) is 2. The smallest absolute Gasteiger partial charge is 0.414 e. The monoisotopic (exact) mass is 413 g/mol. The van der Waals surface area contributed by atoms with E-state index in [0.717, 1.165) is 37.3 Å². The van der Waals surface area contributed by atoms with Gasteiger partial charge in [0.25, 0.3) is 0 Å². The lowest BCUT2D eigenvalue weighted by molar-refractivity contribution is -0.159. The summed E-state index contributed by atoms with van der Waals surface area (Å²) < 4.78 is 11.0. The number of hydrogen-bond donors (Lipinski definition) is 4. The average molecular weight is 413 g/mol. The van der Waals surface area contributed by atoms with E-state index in [2.05, 4.69) is 4.90 Å². The fourth-order valence-corrected chi connectivity index (χ4v) is 3.09. The van der Waals surface area contributed by atoms with Crippen molar-refractivity contribution in [3.05, 3.63) is 24.3 Å². The SMILES string of the molecule is CCOc1ccc(OCC(O)CN2CCCCC2CCO)cc1.O=C(O)C(=O)O. The number of aliphatic hydroxyl groups excluding tert-OH is 2. The number of carboxylic acids is 2. The van der Waals surface area contributed by atoms with Crippen LogP contribution in [-0.2, 0) is 9.59 Å². The summed E-state index contributed by atoms with van der Waals surface area (Å²) in [4.78, 5) is 20.5. The Labute approximate surface area is 170 Å². The van der Waals surface area contributed by atoms with Crippen LogP contribution >= 0.6 is 0 Å². The summed E-state index contributed by atoms with van der Waals surface area (Å²) in [7, 11) is 0. The van der Waals surface area contributed by atoms with Crippen LogP contribution in [0.5, 0.6) is 11.5 Å². The van der Waals surface area contributed by atoms with Crippen LogP contribution in [0.4, 0.5) is 0 Å². The molecule has 0 aliphatic carbocycles. The van der Waals surface area contributed by atoms with Crippen molar-refractivity contribution in [2.75, 3.05) is 32.9 Å². The first-order valence-electron chi connectivity index (χ1n) is 9.72. The molecule has 2 unspecified atom stereocenters. The lowest BCUT2D eigenvalue weighted by Gasteiger charge is -2.36. The fraction of sp³-hybridized carbons (Fsp3) is 0.600. The molecule has 1 aliphatic rings. The van der Waals surface area contributed by atoms with E-state index in [-0.39, 0.29) is 13.2 Å². The van der Waals surface area contributed by atoms with Crippen LogP contribution in [0.1, 0.15) is 32.6 Å². The largest absolute Gasteiger partial charge is 0.494 e. The summed E-state index contributed by atoms with van der Waals surface area (Å²) in [6, 6.07) is 7.83. The van der Waals surface area contributed by atoms with Crippen molar-refractivity contribution in [3.63, 3.8) is 0 Å². The van der Waals surface area contributed by atoms with Gasteiger partial charge in [-0.3, -0.25) is 4.90 Å². The summed E-state index contributed by atoms with van der Waals surface area (Å²) in [5, 5.41) is 34.2. The number of hydrogen-bond acceptors (Lipinski definition) is 7. The van der Waals surface area contributed by atoms with Gasteiger partial charge in [-0.2, -0.15) is 0 Å². The van der Waals surface area contributed by atoms with Crippen molar-refractivity contribution >= 4 is 11.9 Å². The van der Waals surface area contributed by atoms with Gasteiger partial charge in [0, 0.05) is 19.2 Å². The molecule has 164 valence electrons. The van der Waals surface area contributed by atoms with Gasteiger partial charge in [0.15, 0.2) is 0 Å². The van der Waals surface area contributed by atoms with Crippen molar-refractivity contribution in [1.82, 2.24) is 4.90 Å². The highest BCUT2D eigenvalue weighted by Gasteiger charge is 2.24. The highest BCUT2D eigenvalue weighted by Crippen LogP contribution is 2.20. The number of likely N-dealkylation sites (tertiary alicyclic amines) is 1. The van der Waals surface area contributed by atoms with Gasteiger partial charge >= 0.3 is 11.9 Å². The molecule has 9 heteroatoms. The van der Waals surface area contributed by atoms with Gasteiger partial charge in [-0.25, -0.2) is 9.59 Å². The van der Waals surface area contributed by atoms with Gasteiger partial charge in [-0.15, -0.1) is 0 Å². The fourth-order valence-electron chi connectivity index (χ4n) is 3.09. The minimum atomic E-state index is -1.82. The molecule has 0 aromatic heterocycles. The number of benzene rings is 1. The highest BCUT2D eigenvalue weighted by atomic mass is 16.5. The molecule has 0 saturated carbocycles. The Morgan fingerprint density at radius 1 is 1.10 bits per heavy atom. The molecule has 1 aliphatic heterocycles. The molecule has 0 radical (unpaired) electrons. The second-order valence-corrected chi connectivity index (χ2v) is 6.64. The van der Waals surface area contributed by atoms with Crippen LogP contribution < -0.4 is 9.47 Å². The Morgan fingerprint density at radius 3 is 2.21 bits per heavy atom. The molecule has 1 saturated heterocycles. The summed E-state index contributed by atoms with van der Waals surface area (Å²) in [6.45, 7) is 4.66. The lowest BCUT2D eigenvalue weighted by Crippen LogP contribution is -2.45. The molecule has 1 heterocycles. The molecule has 1 aromatic carbocycles. The lowest BCUT2D eigenvalue weighted by atomic mass is 9.99. The highest BCUT2D eigenvalue weighted by molar-refractivity contribution is 6.27. The zero-order chi connectivity index (χ0) is 21.6. The molecule has 0 spiro atoms. The van der Waals surface area contributed by atoms with Gasteiger partial charge in [-0.1, -0.05) is 6.42 Å². The van der Waals surface area contributed by atoms with Gasteiger partial charge in [-0.05, 0) is 57.0 Å². The molecule has 2 atom stereocenters. The summed E-state index contributed by atoms with van der Waals surface area (Å²) >= 11 is 0. The molecule has 1 fully saturated rings. The van der Waals surface area contributed by atoms with Crippen LogP contribution in [0, 0.1) is 0 Å². The van der Waals surface area contributed by atoms with Crippen molar-refractivity contribution < 1.29 is 39.5 Å². The Hall–Kier alpha value is -2.36. The van der Waals surface area contributed by atoms with E-state index >= 15 is 0 Å². The third-order valence-corrected chi connectivity index (χ3v) is 4.42. The number of aliphatic carboxylic acids is 2. The van der Waals surface area contributed by atoms with Crippen molar-refractivity contribution in [3.8, 4) is 11.5 Å². The van der Waals surface area contributed by atoms with Crippen LogP contribution in [0.3, 0.4) is 0 Å². The second-order valence-electron chi connectivity index (χ2n) is 6.64. The van der Waals surface area contributed by atoms with Gasteiger partial charge in [0.1, 0.15) is 24.2 Å². The van der Waals surface area contributed by atoms with E-state index in [1.54, 1.807) is 0 Å². The van der Waals surface area contributed by atoms with Gasteiger partial charge in [0.2, 0.25) is 0 Å². The third-order valence-electron chi connectivity index (χ3n) is 4.42. The molecule has 0 amide bonds. The van der Waals surface area contributed by atoms with Crippen molar-refractivity contribution in [1.29, 1.82) is 0 Å². The minimum absolute atomic E-state index is 0.208. The number of carboxylic acid groups (broad SMARTS) is 2. The molecule has 29 heavy (non-hydrogen) atoms. The number of carbonyl (C=O) groups is 2. The molecular formula is C20H31NO8. The minimum Gasteiger partial charge on any atom is -0.494 e. The van der Waals surface area contributed by atoms with E-state index in [1.165, 1.54) is 6.42 Å². The predicted molar refractivity (Wildman–Crippen MR) is 105 cm³/mol. The maximum absolute atomic E-state index is 10.2. The molecule has 4 N–H and O–H groups in total. The van der Waals surface area contributed by atoms with E-state index in [4.69, 9.17) is 34.4 Å². The van der Waals surface area contributed by atoms with E-state index in [0.29, 0.717) is 19.2 Å². The molecule has 0 bridgehead atoms. The third kappa shape index (κ3) is 10.1. The molecule has 9 nitrogen and oxygen atoms in total. The summed E-state index contributed by atoms with van der Waals surface area (Å²) in [5.74, 6) is -2.09. The molecular weight excluding hydrogens is 382 g/mol. The van der Waals surface area contributed by atoms with E-state index in [1.807, 2.05) is 31.2 Å². The van der Waals surface area contributed by atoms with E-state index < -0.39 is 18.0 Å². The van der Waals surface area contributed by atoms with E-state index in [9.17, 15) is 5.11 Å². The van der Waals surface area contributed by atoms with Gasteiger partial charge in [0.05, 0.1) is 6.61 Å². The van der Waals surface area contributed by atoms with Crippen LogP contribution in [-0.4, -0.2) is 82.3 Å². The van der Waals surface area contributed by atoms with Crippen molar-refractivity contribution in [2.45, 2.75) is 44.8 Å². The van der Waals surface area contributed by atoms with Crippen LogP contribution in [0.15, 0.2) is 24.3 Å². The maximum Gasteiger partial charge on any atom is 0.414 e. The number of β-amino-alcohol motifs (C(OH)–C–C–N with tert-alkyl or cyclic N) is 1. The Balaban J connectivity index is 0.000000612. The average Bonchev–Trinajstić information content (AvgIpc) is 2.70. The maximum atomic E-state index is 10.2. The first-order chi connectivity index (χ1) is 13.9.